The maximum Gasteiger partial charge on any atom is 0.0223 e. The smallest absolute Gasteiger partial charge is 0.0223 e. The molecule has 0 amide bonds. The summed E-state index contributed by atoms with van der Waals surface area (Å²) in [6.45, 7) is 8.27. The molecule has 0 aromatic rings. The minimum atomic E-state index is 0.745. The number of hydrogen-bond donors (Lipinski definition) is 1. The summed E-state index contributed by atoms with van der Waals surface area (Å²) in [7, 11) is 0. The van der Waals surface area contributed by atoms with Crippen LogP contribution in [-0.4, -0.2) is 36.6 Å². The lowest BCUT2D eigenvalue weighted by atomic mass is 9.92. The fourth-order valence-corrected chi connectivity index (χ4v) is 4.24. The fourth-order valence-electron chi connectivity index (χ4n) is 4.24. The van der Waals surface area contributed by atoms with Gasteiger partial charge < -0.3 is 5.32 Å². The van der Waals surface area contributed by atoms with Crippen molar-refractivity contribution in [2.75, 3.05) is 19.6 Å². The van der Waals surface area contributed by atoms with Gasteiger partial charge in [-0.3, -0.25) is 4.90 Å². The van der Waals surface area contributed by atoms with Gasteiger partial charge in [0.05, 0.1) is 0 Å². The molecule has 0 aromatic heterocycles. The Balaban J connectivity index is 1.88. The number of nitrogens with one attached hydrogen (secondary N) is 1. The average molecular weight is 266 g/mol. The SMILES string of the molecule is CCNC(CN(CC)C1CCCCC1)C1CCCC1. The first kappa shape index (κ1) is 15.3. The number of nitrogens with zero attached hydrogens (tertiary/aromatic N) is 1. The molecule has 0 saturated heterocycles. The van der Waals surface area contributed by atoms with Crippen molar-refractivity contribution < 1.29 is 0 Å². The fraction of sp³-hybridized carbons (Fsp3) is 1.00. The van der Waals surface area contributed by atoms with E-state index >= 15 is 0 Å². The standard InChI is InChI=1S/C17H34N2/c1-3-18-17(15-10-8-9-11-15)14-19(4-2)16-12-6-5-7-13-16/h15-18H,3-14H2,1-2H3. The van der Waals surface area contributed by atoms with Gasteiger partial charge in [0.2, 0.25) is 0 Å². The molecule has 1 atom stereocenters. The van der Waals surface area contributed by atoms with Crippen molar-refractivity contribution in [1.29, 1.82) is 0 Å². The molecule has 0 radical (unpaired) electrons. The van der Waals surface area contributed by atoms with Crippen LogP contribution in [0.1, 0.15) is 71.6 Å². The predicted octanol–water partition coefficient (Wildman–Crippen LogP) is 3.81. The van der Waals surface area contributed by atoms with E-state index in [-0.39, 0.29) is 0 Å². The quantitative estimate of drug-likeness (QED) is 0.754. The number of hydrogen-bond acceptors (Lipinski definition) is 2. The minimum absolute atomic E-state index is 0.745. The molecular formula is C17H34N2. The Labute approximate surface area is 120 Å². The molecule has 1 N–H and O–H groups in total. The van der Waals surface area contributed by atoms with Gasteiger partial charge in [-0.1, -0.05) is 46.0 Å². The largest absolute Gasteiger partial charge is 0.313 e. The maximum atomic E-state index is 3.79. The Bertz CT molecular complexity index is 229. The molecule has 2 heteroatoms. The summed E-state index contributed by atoms with van der Waals surface area (Å²) in [5.74, 6) is 0.942. The van der Waals surface area contributed by atoms with Crippen LogP contribution in [0.5, 0.6) is 0 Å². The van der Waals surface area contributed by atoms with E-state index in [1.165, 1.54) is 70.9 Å². The first-order valence-electron chi connectivity index (χ1n) is 8.82. The monoisotopic (exact) mass is 266 g/mol. The molecule has 0 aliphatic heterocycles. The van der Waals surface area contributed by atoms with Crippen LogP contribution >= 0.6 is 0 Å². The van der Waals surface area contributed by atoms with E-state index in [0.717, 1.165) is 24.5 Å². The molecule has 2 nitrogen and oxygen atoms in total. The molecular weight excluding hydrogens is 232 g/mol. The van der Waals surface area contributed by atoms with Gasteiger partial charge in [0.25, 0.3) is 0 Å². The van der Waals surface area contributed by atoms with Crippen molar-refractivity contribution in [3.05, 3.63) is 0 Å². The second kappa shape index (κ2) is 8.26. The van der Waals surface area contributed by atoms with Gasteiger partial charge in [-0.05, 0) is 44.7 Å². The highest BCUT2D eigenvalue weighted by Gasteiger charge is 2.28. The minimum Gasteiger partial charge on any atom is -0.313 e. The third kappa shape index (κ3) is 4.46. The van der Waals surface area contributed by atoms with E-state index in [9.17, 15) is 0 Å². The number of rotatable bonds is 7. The molecule has 0 bridgehead atoms. The number of likely N-dealkylation sites (N-methyl/N-ethyl adjacent to an activating group) is 2. The van der Waals surface area contributed by atoms with E-state index < -0.39 is 0 Å². The Hall–Kier alpha value is -0.0800. The van der Waals surface area contributed by atoms with Crippen molar-refractivity contribution in [2.45, 2.75) is 83.7 Å². The summed E-state index contributed by atoms with van der Waals surface area (Å²) < 4.78 is 0. The zero-order chi connectivity index (χ0) is 13.5. The lowest BCUT2D eigenvalue weighted by Gasteiger charge is -2.37. The van der Waals surface area contributed by atoms with Crippen molar-refractivity contribution >= 4 is 0 Å². The molecule has 2 fully saturated rings. The van der Waals surface area contributed by atoms with Gasteiger partial charge in [-0.2, -0.15) is 0 Å². The van der Waals surface area contributed by atoms with Crippen molar-refractivity contribution in [1.82, 2.24) is 10.2 Å². The second-order valence-corrected chi connectivity index (χ2v) is 6.59. The van der Waals surface area contributed by atoms with Gasteiger partial charge in [-0.25, -0.2) is 0 Å². The van der Waals surface area contributed by atoms with Crippen LogP contribution in [0, 0.1) is 5.92 Å². The molecule has 2 aliphatic rings. The average Bonchev–Trinajstić information content (AvgIpc) is 2.98. The van der Waals surface area contributed by atoms with Crippen molar-refractivity contribution in [3.8, 4) is 0 Å². The van der Waals surface area contributed by atoms with Gasteiger partial charge in [0, 0.05) is 18.6 Å². The van der Waals surface area contributed by atoms with Crippen LogP contribution in [0.15, 0.2) is 0 Å². The molecule has 0 aromatic carbocycles. The van der Waals surface area contributed by atoms with E-state index in [1.54, 1.807) is 0 Å². The summed E-state index contributed by atoms with van der Waals surface area (Å²) in [5, 5.41) is 3.79. The van der Waals surface area contributed by atoms with E-state index in [2.05, 4.69) is 24.1 Å². The molecule has 2 aliphatic carbocycles. The highest BCUT2D eigenvalue weighted by Crippen LogP contribution is 2.29. The molecule has 1 unspecified atom stereocenters. The van der Waals surface area contributed by atoms with Gasteiger partial charge >= 0.3 is 0 Å². The van der Waals surface area contributed by atoms with Gasteiger partial charge in [0.15, 0.2) is 0 Å². The lowest BCUT2D eigenvalue weighted by Crippen LogP contribution is -2.48. The van der Waals surface area contributed by atoms with Crippen LogP contribution in [0.25, 0.3) is 0 Å². The van der Waals surface area contributed by atoms with Crippen LogP contribution in [-0.2, 0) is 0 Å². The van der Waals surface area contributed by atoms with Crippen LogP contribution in [0.4, 0.5) is 0 Å². The Morgan fingerprint density at radius 2 is 1.58 bits per heavy atom. The molecule has 0 heterocycles. The first-order chi connectivity index (χ1) is 9.35. The van der Waals surface area contributed by atoms with E-state index in [1.807, 2.05) is 0 Å². The van der Waals surface area contributed by atoms with Crippen LogP contribution in [0.2, 0.25) is 0 Å². The Kier molecular flexibility index (Phi) is 6.66. The molecule has 2 rings (SSSR count). The zero-order valence-electron chi connectivity index (χ0n) is 13.2. The van der Waals surface area contributed by atoms with Crippen LogP contribution < -0.4 is 5.32 Å². The first-order valence-corrected chi connectivity index (χ1v) is 8.82. The third-order valence-corrected chi connectivity index (χ3v) is 5.36. The van der Waals surface area contributed by atoms with E-state index in [4.69, 9.17) is 0 Å². The summed E-state index contributed by atoms with van der Waals surface area (Å²) in [6, 6.07) is 1.62. The van der Waals surface area contributed by atoms with Crippen molar-refractivity contribution in [2.24, 2.45) is 5.92 Å². The topological polar surface area (TPSA) is 15.3 Å². The predicted molar refractivity (Wildman–Crippen MR) is 83.5 cm³/mol. The normalized spacial score (nSPS) is 24.2. The highest BCUT2D eigenvalue weighted by molar-refractivity contribution is 4.85. The summed E-state index contributed by atoms with van der Waals surface area (Å²) in [4.78, 5) is 2.78. The molecule has 2 saturated carbocycles. The lowest BCUT2D eigenvalue weighted by molar-refractivity contribution is 0.133. The molecule has 0 spiro atoms. The zero-order valence-corrected chi connectivity index (χ0v) is 13.2. The van der Waals surface area contributed by atoms with Crippen LogP contribution in [0.3, 0.4) is 0 Å². The summed E-state index contributed by atoms with van der Waals surface area (Å²) in [5.41, 5.74) is 0. The Morgan fingerprint density at radius 1 is 0.947 bits per heavy atom. The van der Waals surface area contributed by atoms with Crippen molar-refractivity contribution in [3.63, 3.8) is 0 Å². The molecule has 19 heavy (non-hydrogen) atoms. The van der Waals surface area contributed by atoms with Gasteiger partial charge in [0.1, 0.15) is 0 Å². The maximum absolute atomic E-state index is 3.79. The summed E-state index contributed by atoms with van der Waals surface area (Å²) in [6.07, 6.45) is 13.1. The van der Waals surface area contributed by atoms with E-state index in [0.29, 0.717) is 0 Å². The van der Waals surface area contributed by atoms with Gasteiger partial charge in [-0.15, -0.1) is 0 Å². The third-order valence-electron chi connectivity index (χ3n) is 5.36. The molecule has 112 valence electrons. The Morgan fingerprint density at radius 3 is 2.16 bits per heavy atom. The highest BCUT2D eigenvalue weighted by atomic mass is 15.2. The summed E-state index contributed by atoms with van der Waals surface area (Å²) >= 11 is 0. The second-order valence-electron chi connectivity index (χ2n) is 6.59.